The first-order valence-corrected chi connectivity index (χ1v) is 5.18. The third kappa shape index (κ3) is 1.47. The number of thiophene rings is 1. The SMILES string of the molecule is CN1CCc2c(C(=N)N)csc2C1. The van der Waals surface area contributed by atoms with E-state index in [-0.39, 0.29) is 5.84 Å². The van der Waals surface area contributed by atoms with Gasteiger partial charge in [0.15, 0.2) is 0 Å². The molecule has 0 spiro atoms. The Bertz CT molecular complexity index is 343. The Labute approximate surface area is 81.7 Å². The van der Waals surface area contributed by atoms with E-state index in [1.165, 1.54) is 10.4 Å². The van der Waals surface area contributed by atoms with Crippen LogP contribution in [0.5, 0.6) is 0 Å². The zero-order chi connectivity index (χ0) is 9.42. The summed E-state index contributed by atoms with van der Waals surface area (Å²) in [7, 11) is 2.12. The zero-order valence-electron chi connectivity index (χ0n) is 7.63. The lowest BCUT2D eigenvalue weighted by Crippen LogP contribution is -2.26. The predicted octanol–water partition coefficient (Wildman–Crippen LogP) is 1.02. The van der Waals surface area contributed by atoms with E-state index >= 15 is 0 Å². The van der Waals surface area contributed by atoms with Gasteiger partial charge in [0, 0.05) is 28.9 Å². The molecular weight excluding hydrogens is 182 g/mol. The van der Waals surface area contributed by atoms with Crippen molar-refractivity contribution in [1.29, 1.82) is 5.41 Å². The van der Waals surface area contributed by atoms with Crippen molar-refractivity contribution in [3.05, 3.63) is 21.4 Å². The second-order valence-corrected chi connectivity index (χ2v) is 4.42. The Kier molecular flexibility index (Phi) is 2.09. The predicted molar refractivity (Wildman–Crippen MR) is 55.4 cm³/mol. The molecule has 4 heteroatoms. The molecule has 0 atom stereocenters. The highest BCUT2D eigenvalue weighted by molar-refractivity contribution is 7.10. The van der Waals surface area contributed by atoms with Crippen molar-refractivity contribution >= 4 is 17.2 Å². The first-order chi connectivity index (χ1) is 6.18. The average Bonchev–Trinajstić information content (AvgIpc) is 2.46. The fourth-order valence-electron chi connectivity index (χ4n) is 1.68. The molecule has 1 aliphatic heterocycles. The minimum atomic E-state index is 0.210. The van der Waals surface area contributed by atoms with E-state index in [9.17, 15) is 0 Å². The molecule has 0 amide bonds. The van der Waals surface area contributed by atoms with Crippen LogP contribution in [0.2, 0.25) is 0 Å². The van der Waals surface area contributed by atoms with E-state index in [2.05, 4.69) is 11.9 Å². The molecular formula is C9H13N3S. The van der Waals surface area contributed by atoms with Gasteiger partial charge in [0.25, 0.3) is 0 Å². The van der Waals surface area contributed by atoms with Crippen molar-refractivity contribution in [2.45, 2.75) is 13.0 Å². The van der Waals surface area contributed by atoms with Gasteiger partial charge in [-0.25, -0.2) is 0 Å². The number of nitrogen functional groups attached to an aromatic ring is 1. The summed E-state index contributed by atoms with van der Waals surface area (Å²) in [5.41, 5.74) is 7.75. The van der Waals surface area contributed by atoms with Gasteiger partial charge in [-0.1, -0.05) is 0 Å². The average molecular weight is 195 g/mol. The van der Waals surface area contributed by atoms with Gasteiger partial charge in [0.1, 0.15) is 5.84 Å². The van der Waals surface area contributed by atoms with Crippen LogP contribution in [0.1, 0.15) is 16.0 Å². The van der Waals surface area contributed by atoms with E-state index in [1.807, 2.05) is 5.38 Å². The Morgan fingerprint density at radius 3 is 3.15 bits per heavy atom. The molecule has 0 saturated heterocycles. The fraction of sp³-hybridized carbons (Fsp3) is 0.444. The van der Waals surface area contributed by atoms with Crippen LogP contribution >= 0.6 is 11.3 Å². The van der Waals surface area contributed by atoms with Crippen LogP contribution in [-0.4, -0.2) is 24.3 Å². The van der Waals surface area contributed by atoms with E-state index in [4.69, 9.17) is 11.1 Å². The molecule has 1 aliphatic rings. The maximum Gasteiger partial charge on any atom is 0.123 e. The smallest absolute Gasteiger partial charge is 0.123 e. The van der Waals surface area contributed by atoms with Crippen LogP contribution in [0.15, 0.2) is 5.38 Å². The van der Waals surface area contributed by atoms with E-state index in [0.717, 1.165) is 25.1 Å². The lowest BCUT2D eigenvalue weighted by Gasteiger charge is -2.22. The maximum atomic E-state index is 7.41. The lowest BCUT2D eigenvalue weighted by atomic mass is 10.0. The number of rotatable bonds is 1. The molecule has 0 bridgehead atoms. The molecule has 70 valence electrons. The monoisotopic (exact) mass is 195 g/mol. The number of likely N-dealkylation sites (N-methyl/N-ethyl adjacent to an activating group) is 1. The van der Waals surface area contributed by atoms with E-state index < -0.39 is 0 Å². The summed E-state index contributed by atoms with van der Waals surface area (Å²) in [4.78, 5) is 3.67. The Morgan fingerprint density at radius 2 is 2.46 bits per heavy atom. The van der Waals surface area contributed by atoms with Crippen LogP contribution in [0.25, 0.3) is 0 Å². The minimum absolute atomic E-state index is 0.210. The van der Waals surface area contributed by atoms with Crippen molar-refractivity contribution in [3.63, 3.8) is 0 Å². The molecule has 0 unspecified atom stereocenters. The first kappa shape index (κ1) is 8.72. The van der Waals surface area contributed by atoms with Gasteiger partial charge < -0.3 is 10.6 Å². The standard InChI is InChI=1S/C9H13N3S/c1-12-3-2-6-7(9(10)11)5-13-8(6)4-12/h5H,2-4H2,1H3,(H3,10,11). The summed E-state index contributed by atoms with van der Waals surface area (Å²) in [6.45, 7) is 2.08. The molecule has 2 heterocycles. The highest BCUT2D eigenvalue weighted by Gasteiger charge is 2.19. The number of hydrogen-bond donors (Lipinski definition) is 2. The fourth-order valence-corrected chi connectivity index (χ4v) is 2.86. The number of hydrogen-bond acceptors (Lipinski definition) is 3. The van der Waals surface area contributed by atoms with Gasteiger partial charge in [-0.3, -0.25) is 5.41 Å². The lowest BCUT2D eigenvalue weighted by molar-refractivity contribution is 0.317. The highest BCUT2D eigenvalue weighted by Crippen LogP contribution is 2.27. The Morgan fingerprint density at radius 1 is 1.69 bits per heavy atom. The molecule has 3 N–H and O–H groups in total. The minimum Gasteiger partial charge on any atom is -0.384 e. The summed E-state index contributed by atoms with van der Waals surface area (Å²) in [6.07, 6.45) is 1.03. The highest BCUT2D eigenvalue weighted by atomic mass is 32.1. The number of amidine groups is 1. The molecule has 0 radical (unpaired) electrons. The van der Waals surface area contributed by atoms with Crippen molar-refractivity contribution in [2.75, 3.05) is 13.6 Å². The molecule has 1 aromatic heterocycles. The van der Waals surface area contributed by atoms with E-state index in [1.54, 1.807) is 11.3 Å². The van der Waals surface area contributed by atoms with Crippen LogP contribution in [0, 0.1) is 5.41 Å². The van der Waals surface area contributed by atoms with Crippen molar-refractivity contribution in [3.8, 4) is 0 Å². The molecule has 2 rings (SSSR count). The number of nitrogens with zero attached hydrogens (tertiary/aromatic N) is 1. The van der Waals surface area contributed by atoms with Gasteiger partial charge in [0.05, 0.1) is 0 Å². The molecule has 1 aromatic rings. The van der Waals surface area contributed by atoms with Crippen molar-refractivity contribution in [1.82, 2.24) is 4.90 Å². The van der Waals surface area contributed by atoms with Gasteiger partial charge in [0.2, 0.25) is 0 Å². The summed E-state index contributed by atoms with van der Waals surface area (Å²) < 4.78 is 0. The zero-order valence-corrected chi connectivity index (χ0v) is 8.45. The van der Waals surface area contributed by atoms with E-state index in [0.29, 0.717) is 0 Å². The van der Waals surface area contributed by atoms with Crippen molar-refractivity contribution in [2.24, 2.45) is 5.73 Å². The second kappa shape index (κ2) is 3.12. The molecule has 0 aliphatic carbocycles. The number of fused-ring (bicyclic) bond motifs is 1. The molecule has 0 fully saturated rings. The molecule has 0 aromatic carbocycles. The normalized spacial score (nSPS) is 17.0. The van der Waals surface area contributed by atoms with Crippen LogP contribution in [0.4, 0.5) is 0 Å². The quantitative estimate of drug-likeness (QED) is 0.519. The summed E-state index contributed by atoms with van der Waals surface area (Å²) >= 11 is 1.72. The third-order valence-corrected chi connectivity index (χ3v) is 3.44. The van der Waals surface area contributed by atoms with Crippen LogP contribution < -0.4 is 5.73 Å². The third-order valence-electron chi connectivity index (χ3n) is 2.43. The summed E-state index contributed by atoms with van der Waals surface area (Å²) in [5.74, 6) is 0.210. The van der Waals surface area contributed by atoms with Gasteiger partial charge in [-0.2, -0.15) is 0 Å². The van der Waals surface area contributed by atoms with Crippen LogP contribution in [-0.2, 0) is 13.0 Å². The number of nitrogens with two attached hydrogens (primary N) is 1. The molecule has 3 nitrogen and oxygen atoms in total. The van der Waals surface area contributed by atoms with Gasteiger partial charge in [-0.15, -0.1) is 11.3 Å². The maximum absolute atomic E-state index is 7.41. The topological polar surface area (TPSA) is 53.1 Å². The largest absolute Gasteiger partial charge is 0.384 e. The Balaban J connectivity index is 2.39. The summed E-state index contributed by atoms with van der Waals surface area (Å²) in [6, 6.07) is 0. The van der Waals surface area contributed by atoms with Crippen LogP contribution in [0.3, 0.4) is 0 Å². The molecule has 13 heavy (non-hydrogen) atoms. The van der Waals surface area contributed by atoms with Crippen molar-refractivity contribution < 1.29 is 0 Å². The summed E-state index contributed by atoms with van der Waals surface area (Å²) in [5, 5.41) is 9.42. The number of nitrogens with one attached hydrogen (secondary N) is 1. The van der Waals surface area contributed by atoms with Gasteiger partial charge >= 0.3 is 0 Å². The van der Waals surface area contributed by atoms with Gasteiger partial charge in [-0.05, 0) is 19.0 Å². The Hall–Kier alpha value is -0.870. The first-order valence-electron chi connectivity index (χ1n) is 4.30. The molecule has 0 saturated carbocycles. The second-order valence-electron chi connectivity index (χ2n) is 3.45.